The van der Waals surface area contributed by atoms with Gasteiger partial charge < -0.3 is 5.73 Å². The average Bonchev–Trinajstić information content (AvgIpc) is 2.66. The summed E-state index contributed by atoms with van der Waals surface area (Å²) in [6.45, 7) is 0. The normalized spacial score (nSPS) is 18.6. The monoisotopic (exact) mass is 221 g/mol. The lowest BCUT2D eigenvalue weighted by atomic mass is 9.76. The third kappa shape index (κ3) is 2.08. The first kappa shape index (κ1) is 11.1. The van der Waals surface area contributed by atoms with Crippen molar-refractivity contribution >= 4 is 5.91 Å². The topological polar surface area (TPSA) is 43.1 Å². The van der Waals surface area contributed by atoms with E-state index in [2.05, 4.69) is 0 Å². The number of nitrogens with two attached hydrogens (primary N) is 1. The van der Waals surface area contributed by atoms with Crippen molar-refractivity contribution in [3.8, 4) is 0 Å². The van der Waals surface area contributed by atoms with Crippen molar-refractivity contribution in [3.05, 3.63) is 35.6 Å². The fourth-order valence-electron chi connectivity index (χ4n) is 2.77. The molecule has 0 heterocycles. The van der Waals surface area contributed by atoms with E-state index in [0.717, 1.165) is 31.2 Å². The van der Waals surface area contributed by atoms with Crippen LogP contribution in [0.25, 0.3) is 0 Å². The van der Waals surface area contributed by atoms with Gasteiger partial charge in [-0.15, -0.1) is 0 Å². The molecule has 3 heteroatoms. The van der Waals surface area contributed by atoms with E-state index in [1.54, 1.807) is 6.07 Å². The zero-order chi connectivity index (χ0) is 11.6. The van der Waals surface area contributed by atoms with Gasteiger partial charge in [-0.3, -0.25) is 4.79 Å². The zero-order valence-electron chi connectivity index (χ0n) is 9.21. The quantitative estimate of drug-likeness (QED) is 0.837. The molecule has 0 aliphatic heterocycles. The molecule has 1 fully saturated rings. The van der Waals surface area contributed by atoms with Gasteiger partial charge in [0.2, 0.25) is 5.91 Å². The lowest BCUT2D eigenvalue weighted by Gasteiger charge is -2.28. The Kier molecular flexibility index (Phi) is 2.95. The van der Waals surface area contributed by atoms with E-state index in [-0.39, 0.29) is 17.1 Å². The molecule has 0 spiro atoms. The second kappa shape index (κ2) is 4.24. The van der Waals surface area contributed by atoms with E-state index in [1.165, 1.54) is 12.1 Å². The summed E-state index contributed by atoms with van der Waals surface area (Å²) < 4.78 is 13.2. The summed E-state index contributed by atoms with van der Waals surface area (Å²) >= 11 is 0. The third-order valence-electron chi connectivity index (χ3n) is 3.51. The van der Waals surface area contributed by atoms with Gasteiger partial charge in [-0.1, -0.05) is 25.0 Å². The minimum atomic E-state index is -0.300. The predicted molar refractivity (Wildman–Crippen MR) is 60.4 cm³/mol. The lowest BCUT2D eigenvalue weighted by Crippen LogP contribution is -2.29. The maximum Gasteiger partial charge on any atom is 0.218 e. The summed E-state index contributed by atoms with van der Waals surface area (Å²) in [5.41, 5.74) is 6.01. The molecule has 1 aromatic carbocycles. The van der Waals surface area contributed by atoms with E-state index in [0.29, 0.717) is 6.42 Å². The van der Waals surface area contributed by atoms with Crippen LogP contribution in [0.2, 0.25) is 0 Å². The summed E-state index contributed by atoms with van der Waals surface area (Å²) in [4.78, 5) is 11.1. The molecule has 0 atom stereocenters. The molecule has 1 amide bonds. The number of amides is 1. The number of benzene rings is 1. The third-order valence-corrected chi connectivity index (χ3v) is 3.51. The first-order valence-electron chi connectivity index (χ1n) is 5.67. The SMILES string of the molecule is NC(=O)CC1(c2cccc(F)c2)CCCC1. The maximum absolute atomic E-state index is 13.2. The van der Waals surface area contributed by atoms with Crippen LogP contribution in [-0.4, -0.2) is 5.91 Å². The van der Waals surface area contributed by atoms with Gasteiger partial charge in [-0.05, 0) is 30.5 Å². The van der Waals surface area contributed by atoms with Crippen LogP contribution in [0.4, 0.5) is 4.39 Å². The van der Waals surface area contributed by atoms with Crippen LogP contribution < -0.4 is 5.73 Å². The molecule has 1 aromatic rings. The number of carbonyl (C=O) groups is 1. The van der Waals surface area contributed by atoms with Crippen LogP contribution in [0.15, 0.2) is 24.3 Å². The Morgan fingerprint density at radius 3 is 2.62 bits per heavy atom. The molecule has 2 rings (SSSR count). The summed E-state index contributed by atoms with van der Waals surface area (Å²) in [6.07, 6.45) is 4.36. The van der Waals surface area contributed by atoms with Crippen molar-refractivity contribution in [2.45, 2.75) is 37.5 Å². The molecule has 1 aliphatic rings. The fraction of sp³-hybridized carbons (Fsp3) is 0.462. The standard InChI is InChI=1S/C13H16FNO/c14-11-5-3-4-10(8-11)13(9-12(15)16)6-1-2-7-13/h3-5,8H,1-2,6-7,9H2,(H2,15,16). The highest BCUT2D eigenvalue weighted by Crippen LogP contribution is 2.43. The zero-order valence-corrected chi connectivity index (χ0v) is 9.21. The van der Waals surface area contributed by atoms with Crippen LogP contribution >= 0.6 is 0 Å². The van der Waals surface area contributed by atoms with E-state index >= 15 is 0 Å². The molecule has 2 N–H and O–H groups in total. The van der Waals surface area contributed by atoms with Crippen LogP contribution in [0.5, 0.6) is 0 Å². The largest absolute Gasteiger partial charge is 0.370 e. The van der Waals surface area contributed by atoms with Crippen LogP contribution in [-0.2, 0) is 10.2 Å². The molecular weight excluding hydrogens is 205 g/mol. The molecule has 0 unspecified atom stereocenters. The number of hydrogen-bond donors (Lipinski definition) is 1. The molecule has 16 heavy (non-hydrogen) atoms. The Hall–Kier alpha value is -1.38. The second-order valence-corrected chi connectivity index (χ2v) is 4.64. The van der Waals surface area contributed by atoms with Gasteiger partial charge in [-0.25, -0.2) is 4.39 Å². The van der Waals surface area contributed by atoms with Gasteiger partial charge in [0.15, 0.2) is 0 Å². The smallest absolute Gasteiger partial charge is 0.218 e. The number of hydrogen-bond acceptors (Lipinski definition) is 1. The molecule has 2 nitrogen and oxygen atoms in total. The van der Waals surface area contributed by atoms with Crippen molar-refractivity contribution in [1.29, 1.82) is 0 Å². The molecule has 1 aliphatic carbocycles. The fourth-order valence-corrected chi connectivity index (χ4v) is 2.77. The minimum absolute atomic E-state index is 0.214. The number of carbonyl (C=O) groups excluding carboxylic acids is 1. The van der Waals surface area contributed by atoms with Gasteiger partial charge in [0.05, 0.1) is 0 Å². The van der Waals surface area contributed by atoms with Crippen molar-refractivity contribution < 1.29 is 9.18 Å². The highest BCUT2D eigenvalue weighted by atomic mass is 19.1. The van der Waals surface area contributed by atoms with Gasteiger partial charge in [0, 0.05) is 11.8 Å². The van der Waals surface area contributed by atoms with Crippen molar-refractivity contribution in [2.24, 2.45) is 5.73 Å². The van der Waals surface area contributed by atoms with Gasteiger partial charge >= 0.3 is 0 Å². The molecular formula is C13H16FNO. The molecule has 0 radical (unpaired) electrons. The number of primary amides is 1. The van der Waals surface area contributed by atoms with Gasteiger partial charge in [0.1, 0.15) is 5.82 Å². The van der Waals surface area contributed by atoms with E-state index in [1.807, 2.05) is 6.07 Å². The Morgan fingerprint density at radius 1 is 1.38 bits per heavy atom. The summed E-state index contributed by atoms with van der Waals surface area (Å²) in [7, 11) is 0. The summed E-state index contributed by atoms with van der Waals surface area (Å²) in [6, 6.07) is 6.56. The average molecular weight is 221 g/mol. The Bertz CT molecular complexity index is 397. The van der Waals surface area contributed by atoms with E-state index in [4.69, 9.17) is 5.73 Å². The summed E-state index contributed by atoms with van der Waals surface area (Å²) in [5, 5.41) is 0. The molecule has 1 saturated carbocycles. The summed E-state index contributed by atoms with van der Waals surface area (Å²) in [5.74, 6) is -0.542. The maximum atomic E-state index is 13.2. The molecule has 0 aromatic heterocycles. The number of rotatable bonds is 3. The van der Waals surface area contributed by atoms with Crippen LogP contribution in [0.3, 0.4) is 0 Å². The van der Waals surface area contributed by atoms with E-state index < -0.39 is 0 Å². The Balaban J connectivity index is 2.35. The second-order valence-electron chi connectivity index (χ2n) is 4.64. The predicted octanol–water partition coefficient (Wildman–Crippen LogP) is 2.51. The molecule has 86 valence electrons. The van der Waals surface area contributed by atoms with Gasteiger partial charge in [0.25, 0.3) is 0 Å². The minimum Gasteiger partial charge on any atom is -0.370 e. The molecule has 0 bridgehead atoms. The van der Waals surface area contributed by atoms with Gasteiger partial charge in [-0.2, -0.15) is 0 Å². The molecule has 0 saturated heterocycles. The highest BCUT2D eigenvalue weighted by Gasteiger charge is 2.37. The lowest BCUT2D eigenvalue weighted by molar-refractivity contribution is -0.119. The van der Waals surface area contributed by atoms with Crippen LogP contribution in [0, 0.1) is 5.82 Å². The van der Waals surface area contributed by atoms with Crippen molar-refractivity contribution in [1.82, 2.24) is 0 Å². The first-order chi connectivity index (χ1) is 7.62. The highest BCUT2D eigenvalue weighted by molar-refractivity contribution is 5.75. The van der Waals surface area contributed by atoms with Crippen molar-refractivity contribution in [3.63, 3.8) is 0 Å². The Labute approximate surface area is 94.6 Å². The Morgan fingerprint density at radius 2 is 2.06 bits per heavy atom. The van der Waals surface area contributed by atoms with E-state index in [9.17, 15) is 9.18 Å². The van der Waals surface area contributed by atoms with Crippen LogP contribution in [0.1, 0.15) is 37.7 Å². The number of halogens is 1. The first-order valence-corrected chi connectivity index (χ1v) is 5.67. The van der Waals surface area contributed by atoms with Crippen molar-refractivity contribution in [2.75, 3.05) is 0 Å².